The molecule has 6 nitrogen and oxygen atoms in total. The summed E-state index contributed by atoms with van der Waals surface area (Å²) >= 11 is 0. The average Bonchev–Trinajstić information content (AvgIpc) is 2.48. The Hall–Kier alpha value is -3.02. The number of ketones is 1. The highest BCUT2D eigenvalue weighted by atomic mass is 16.5. The van der Waals surface area contributed by atoms with Gasteiger partial charge in [0.2, 0.25) is 5.78 Å². The molecule has 2 aromatic rings. The molecule has 0 aromatic carbocycles. The van der Waals surface area contributed by atoms with Gasteiger partial charge in [-0.3, -0.25) is 9.78 Å². The standard InChI is InChI=1S/C14H10N4O2/c19-12-7-6-11(10-4-3-8-15-14(10)12)16-17-13-5-1-2-9-18(13)20/h1-9,20H. The number of allylic oxidation sites excluding steroid dienone is 2. The number of pyridine rings is 2. The Kier molecular flexibility index (Phi) is 2.96. The van der Waals surface area contributed by atoms with Gasteiger partial charge in [0, 0.05) is 18.0 Å². The molecule has 0 bridgehead atoms. The van der Waals surface area contributed by atoms with Crippen LogP contribution in [0.25, 0.3) is 0 Å². The van der Waals surface area contributed by atoms with Crippen molar-refractivity contribution in [3.63, 3.8) is 0 Å². The molecule has 6 heteroatoms. The molecule has 2 heterocycles. The third-order valence-corrected chi connectivity index (χ3v) is 2.79. The van der Waals surface area contributed by atoms with Gasteiger partial charge < -0.3 is 5.21 Å². The number of rotatable bonds is 1. The second-order valence-electron chi connectivity index (χ2n) is 4.09. The molecule has 0 amide bonds. The van der Waals surface area contributed by atoms with E-state index in [1.54, 1.807) is 42.6 Å². The van der Waals surface area contributed by atoms with Crippen molar-refractivity contribution in [3.05, 3.63) is 71.6 Å². The fourth-order valence-electron chi connectivity index (χ4n) is 1.83. The minimum Gasteiger partial charge on any atom is -0.427 e. The predicted molar refractivity (Wildman–Crippen MR) is 71.4 cm³/mol. The highest BCUT2D eigenvalue weighted by Crippen LogP contribution is 2.14. The van der Waals surface area contributed by atoms with Crippen LogP contribution in [0.15, 0.2) is 65.1 Å². The van der Waals surface area contributed by atoms with Gasteiger partial charge in [-0.1, -0.05) is 6.07 Å². The topological polar surface area (TPSA) is 79.8 Å². The van der Waals surface area contributed by atoms with Crippen LogP contribution in [0.5, 0.6) is 0 Å². The molecule has 2 aromatic heterocycles. The van der Waals surface area contributed by atoms with Gasteiger partial charge in [-0.2, -0.15) is 4.73 Å². The molecular formula is C14H10N4O2. The van der Waals surface area contributed by atoms with E-state index in [1.165, 1.54) is 12.3 Å². The summed E-state index contributed by atoms with van der Waals surface area (Å²) in [5.74, 6) is -0.156. The van der Waals surface area contributed by atoms with E-state index in [2.05, 4.69) is 15.2 Å². The molecule has 0 unspecified atom stereocenters. The van der Waals surface area contributed by atoms with Gasteiger partial charge in [0.1, 0.15) is 5.69 Å². The van der Waals surface area contributed by atoms with Crippen LogP contribution in [0.3, 0.4) is 0 Å². The van der Waals surface area contributed by atoms with Crippen LogP contribution in [-0.4, -0.2) is 26.4 Å². The van der Waals surface area contributed by atoms with Gasteiger partial charge in [-0.05, 0) is 36.4 Å². The van der Waals surface area contributed by atoms with E-state index < -0.39 is 0 Å². The fraction of sp³-hybridized carbons (Fsp3) is 0. The van der Waals surface area contributed by atoms with Gasteiger partial charge in [0.15, 0.2) is 5.49 Å². The predicted octanol–water partition coefficient (Wildman–Crippen LogP) is 1.18. The second kappa shape index (κ2) is 4.93. The van der Waals surface area contributed by atoms with Crippen molar-refractivity contribution >= 4 is 11.5 Å². The summed E-state index contributed by atoms with van der Waals surface area (Å²) in [6.07, 6.45) is 6.00. The third kappa shape index (κ3) is 2.14. The Balaban J connectivity index is 2.10. The number of aromatic nitrogens is 2. The SMILES string of the molecule is O=C1C=CC(=NN=c2ccccn2O)c2cccnc21. The zero-order chi connectivity index (χ0) is 13.9. The number of hydrogen-bond acceptors (Lipinski definition) is 5. The van der Waals surface area contributed by atoms with Crippen LogP contribution in [-0.2, 0) is 0 Å². The molecule has 0 saturated carbocycles. The number of carbonyl (C=O) groups is 1. The number of carbonyl (C=O) groups excluding carboxylic acids is 1. The lowest BCUT2D eigenvalue weighted by Gasteiger charge is -2.08. The van der Waals surface area contributed by atoms with Gasteiger partial charge in [-0.15, -0.1) is 10.2 Å². The molecule has 1 aliphatic carbocycles. The Morgan fingerprint density at radius 3 is 2.85 bits per heavy atom. The lowest BCUT2D eigenvalue weighted by Crippen LogP contribution is -2.17. The first kappa shape index (κ1) is 12.0. The first-order valence-corrected chi connectivity index (χ1v) is 5.92. The monoisotopic (exact) mass is 266 g/mol. The van der Waals surface area contributed by atoms with Crippen LogP contribution in [0.1, 0.15) is 16.1 Å². The molecule has 1 N–H and O–H groups in total. The van der Waals surface area contributed by atoms with Crippen LogP contribution >= 0.6 is 0 Å². The van der Waals surface area contributed by atoms with Gasteiger partial charge in [0.25, 0.3) is 0 Å². The lowest BCUT2D eigenvalue weighted by atomic mass is 10.00. The van der Waals surface area contributed by atoms with Gasteiger partial charge >= 0.3 is 0 Å². The van der Waals surface area contributed by atoms with Crippen molar-refractivity contribution in [2.45, 2.75) is 0 Å². The molecule has 98 valence electrons. The first-order valence-electron chi connectivity index (χ1n) is 5.92. The van der Waals surface area contributed by atoms with Crippen molar-refractivity contribution in [2.24, 2.45) is 10.2 Å². The molecule has 1 aliphatic rings. The van der Waals surface area contributed by atoms with Crippen molar-refractivity contribution in [1.82, 2.24) is 9.71 Å². The average molecular weight is 266 g/mol. The summed E-state index contributed by atoms with van der Waals surface area (Å²) in [6, 6.07) is 8.52. The van der Waals surface area contributed by atoms with Crippen LogP contribution < -0.4 is 5.49 Å². The summed E-state index contributed by atoms with van der Waals surface area (Å²) in [5, 5.41) is 17.6. The Morgan fingerprint density at radius 1 is 1.10 bits per heavy atom. The Labute approximate surface area is 114 Å². The third-order valence-electron chi connectivity index (χ3n) is 2.79. The second-order valence-corrected chi connectivity index (χ2v) is 4.09. The van der Waals surface area contributed by atoms with Crippen molar-refractivity contribution < 1.29 is 10.0 Å². The lowest BCUT2D eigenvalue weighted by molar-refractivity contribution is 0.104. The number of nitrogens with zero attached hydrogens (tertiary/aromatic N) is 4. The number of fused-ring (bicyclic) bond motifs is 1. The highest BCUT2D eigenvalue weighted by molar-refractivity contribution is 6.22. The Bertz CT molecular complexity index is 803. The summed E-state index contributed by atoms with van der Waals surface area (Å²) in [6.45, 7) is 0. The molecular weight excluding hydrogens is 256 g/mol. The molecule has 3 rings (SSSR count). The van der Waals surface area contributed by atoms with E-state index in [9.17, 15) is 10.0 Å². The van der Waals surface area contributed by atoms with E-state index in [-0.39, 0.29) is 11.3 Å². The highest BCUT2D eigenvalue weighted by Gasteiger charge is 2.18. The largest absolute Gasteiger partial charge is 0.427 e. The summed E-state index contributed by atoms with van der Waals surface area (Å²) in [5.41, 5.74) is 1.80. The zero-order valence-corrected chi connectivity index (χ0v) is 10.3. The molecule has 0 spiro atoms. The Morgan fingerprint density at radius 2 is 2.00 bits per heavy atom. The molecule has 20 heavy (non-hydrogen) atoms. The van der Waals surface area contributed by atoms with E-state index >= 15 is 0 Å². The minimum atomic E-state index is -0.156. The van der Waals surface area contributed by atoms with Crippen molar-refractivity contribution in [2.75, 3.05) is 0 Å². The zero-order valence-electron chi connectivity index (χ0n) is 10.3. The van der Waals surface area contributed by atoms with Gasteiger partial charge in [-0.25, -0.2) is 0 Å². The molecule has 0 atom stereocenters. The van der Waals surface area contributed by atoms with E-state index in [0.29, 0.717) is 17.0 Å². The smallest absolute Gasteiger partial charge is 0.204 e. The maximum absolute atomic E-state index is 11.7. The maximum Gasteiger partial charge on any atom is 0.204 e. The first-order chi connectivity index (χ1) is 9.75. The molecule has 0 aliphatic heterocycles. The van der Waals surface area contributed by atoms with Gasteiger partial charge in [0.05, 0.1) is 5.71 Å². The molecule has 0 saturated heterocycles. The van der Waals surface area contributed by atoms with E-state index in [1.807, 2.05) is 0 Å². The minimum absolute atomic E-state index is 0.156. The van der Waals surface area contributed by atoms with Crippen LogP contribution in [0.4, 0.5) is 0 Å². The molecule has 0 radical (unpaired) electrons. The quantitative estimate of drug-likeness (QED) is 0.621. The number of hydrogen-bond donors (Lipinski definition) is 1. The van der Waals surface area contributed by atoms with E-state index in [0.717, 1.165) is 4.73 Å². The fourth-order valence-corrected chi connectivity index (χ4v) is 1.83. The molecule has 0 fully saturated rings. The van der Waals surface area contributed by atoms with Crippen molar-refractivity contribution in [3.8, 4) is 0 Å². The van der Waals surface area contributed by atoms with Crippen molar-refractivity contribution in [1.29, 1.82) is 0 Å². The van der Waals surface area contributed by atoms with E-state index in [4.69, 9.17) is 0 Å². The maximum atomic E-state index is 11.7. The van der Waals surface area contributed by atoms with Crippen LogP contribution in [0, 0.1) is 0 Å². The van der Waals surface area contributed by atoms with Crippen LogP contribution in [0.2, 0.25) is 0 Å². The normalized spacial score (nSPS) is 16.5. The summed E-state index contributed by atoms with van der Waals surface area (Å²) in [7, 11) is 0. The summed E-state index contributed by atoms with van der Waals surface area (Å²) < 4.78 is 0.867. The summed E-state index contributed by atoms with van der Waals surface area (Å²) in [4.78, 5) is 15.7.